The zero-order valence-corrected chi connectivity index (χ0v) is 21.4. The Kier molecular flexibility index (Phi) is 7.20. The summed E-state index contributed by atoms with van der Waals surface area (Å²) < 4.78 is 12.9. The van der Waals surface area contributed by atoms with Crippen molar-refractivity contribution in [3.8, 4) is 22.8 Å². The standard InChI is InChI=1S/C28H32ClN5O2/c1-35-26-15-27(36-2)24(29)14-23(26)25-17-34-12-11-22(13-28(34)33-25)32-21-9-7-20(8-10-21)31-16-18-3-5-19(30)6-4-18/h3-6,11-15,17,20-21,31-32H,7-10,16,30H2,1-2H3. The van der Waals surface area contributed by atoms with Crippen molar-refractivity contribution in [1.82, 2.24) is 14.7 Å². The topological polar surface area (TPSA) is 85.8 Å². The fraction of sp³-hybridized carbons (Fsp3) is 0.321. The Bertz CT molecular complexity index is 1330. The van der Waals surface area contributed by atoms with E-state index in [2.05, 4.69) is 34.9 Å². The molecule has 188 valence electrons. The summed E-state index contributed by atoms with van der Waals surface area (Å²) in [6, 6.07) is 16.9. The first kappa shape index (κ1) is 24.3. The van der Waals surface area contributed by atoms with Gasteiger partial charge in [0.15, 0.2) is 0 Å². The number of ether oxygens (including phenoxy) is 2. The molecule has 8 heteroatoms. The molecule has 2 aromatic carbocycles. The average molecular weight is 506 g/mol. The highest BCUT2D eigenvalue weighted by molar-refractivity contribution is 6.32. The van der Waals surface area contributed by atoms with Gasteiger partial charge in [0.1, 0.15) is 17.1 Å². The molecule has 0 saturated heterocycles. The van der Waals surface area contributed by atoms with Gasteiger partial charge in [0, 0.05) is 60.1 Å². The average Bonchev–Trinajstić information content (AvgIpc) is 3.32. The van der Waals surface area contributed by atoms with Gasteiger partial charge in [0.2, 0.25) is 0 Å². The number of fused-ring (bicyclic) bond motifs is 1. The SMILES string of the molecule is COc1cc(OC)c(-c2cn3ccc(NC4CCC(NCc5ccc(N)cc5)CC4)cc3n2)cc1Cl. The van der Waals surface area contributed by atoms with Crippen LogP contribution in [0.2, 0.25) is 5.02 Å². The number of nitrogen functional groups attached to an aromatic ring is 1. The summed E-state index contributed by atoms with van der Waals surface area (Å²) in [4.78, 5) is 4.84. The van der Waals surface area contributed by atoms with Crippen LogP contribution in [0.1, 0.15) is 31.2 Å². The smallest absolute Gasteiger partial charge is 0.141 e. The van der Waals surface area contributed by atoms with Gasteiger partial charge in [0.05, 0.1) is 24.9 Å². The molecule has 0 atom stereocenters. The molecule has 0 aliphatic heterocycles. The van der Waals surface area contributed by atoms with Crippen molar-refractivity contribution in [2.45, 2.75) is 44.3 Å². The molecule has 1 saturated carbocycles. The molecule has 0 unspecified atom stereocenters. The normalized spacial score (nSPS) is 17.8. The number of nitrogens with one attached hydrogen (secondary N) is 2. The van der Waals surface area contributed by atoms with Crippen LogP contribution < -0.4 is 25.8 Å². The molecule has 0 bridgehead atoms. The molecule has 4 N–H and O–H groups in total. The maximum absolute atomic E-state index is 6.37. The predicted octanol–water partition coefficient (Wildman–Crippen LogP) is 5.77. The van der Waals surface area contributed by atoms with E-state index in [1.54, 1.807) is 20.3 Å². The highest BCUT2D eigenvalue weighted by atomic mass is 35.5. The van der Waals surface area contributed by atoms with Crippen molar-refractivity contribution in [1.29, 1.82) is 0 Å². The summed E-state index contributed by atoms with van der Waals surface area (Å²) >= 11 is 6.37. The van der Waals surface area contributed by atoms with E-state index in [-0.39, 0.29) is 0 Å². The number of aromatic nitrogens is 2. The summed E-state index contributed by atoms with van der Waals surface area (Å²) in [6.45, 7) is 0.881. The van der Waals surface area contributed by atoms with Crippen molar-refractivity contribution in [3.63, 3.8) is 0 Å². The summed E-state index contributed by atoms with van der Waals surface area (Å²) in [5.41, 5.74) is 11.4. The monoisotopic (exact) mass is 505 g/mol. The maximum Gasteiger partial charge on any atom is 0.141 e. The molecule has 1 aliphatic rings. The first-order chi connectivity index (χ1) is 17.5. The number of hydrogen-bond acceptors (Lipinski definition) is 6. The van der Waals surface area contributed by atoms with Crippen molar-refractivity contribution in [2.24, 2.45) is 0 Å². The lowest BCUT2D eigenvalue weighted by atomic mass is 9.91. The van der Waals surface area contributed by atoms with Crippen LogP contribution >= 0.6 is 11.6 Å². The molecular weight excluding hydrogens is 474 g/mol. The molecule has 5 rings (SSSR count). The summed E-state index contributed by atoms with van der Waals surface area (Å²) in [5.74, 6) is 1.24. The highest BCUT2D eigenvalue weighted by Crippen LogP contribution is 2.38. The van der Waals surface area contributed by atoms with Gasteiger partial charge >= 0.3 is 0 Å². The first-order valence-electron chi connectivity index (χ1n) is 12.3. The molecule has 1 fully saturated rings. The number of nitrogens with two attached hydrogens (primary N) is 1. The maximum atomic E-state index is 6.37. The Morgan fingerprint density at radius 2 is 1.69 bits per heavy atom. The molecule has 0 spiro atoms. The van der Waals surface area contributed by atoms with Gasteiger partial charge < -0.3 is 30.2 Å². The number of nitrogens with zero attached hydrogens (tertiary/aromatic N) is 2. The molecule has 4 aromatic rings. The third-order valence-corrected chi connectivity index (χ3v) is 7.18. The molecular formula is C28H32ClN5O2. The van der Waals surface area contributed by atoms with E-state index < -0.39 is 0 Å². The van der Waals surface area contributed by atoms with Gasteiger partial charge in [0.25, 0.3) is 0 Å². The molecule has 0 amide bonds. The number of pyridine rings is 1. The van der Waals surface area contributed by atoms with E-state index >= 15 is 0 Å². The highest BCUT2D eigenvalue weighted by Gasteiger charge is 2.21. The summed E-state index contributed by atoms with van der Waals surface area (Å²) in [7, 11) is 3.22. The van der Waals surface area contributed by atoms with E-state index in [0.29, 0.717) is 28.6 Å². The van der Waals surface area contributed by atoms with E-state index in [1.807, 2.05) is 35.0 Å². The minimum Gasteiger partial charge on any atom is -0.496 e. The van der Waals surface area contributed by atoms with Crippen LogP contribution in [-0.2, 0) is 6.54 Å². The molecule has 36 heavy (non-hydrogen) atoms. The van der Waals surface area contributed by atoms with Crippen LogP contribution in [0.5, 0.6) is 11.5 Å². The third-order valence-electron chi connectivity index (χ3n) is 6.88. The molecule has 1 aliphatic carbocycles. The number of rotatable bonds is 8. The predicted molar refractivity (Wildman–Crippen MR) is 146 cm³/mol. The zero-order chi connectivity index (χ0) is 25.1. The first-order valence-corrected chi connectivity index (χ1v) is 12.6. The van der Waals surface area contributed by atoms with Crippen LogP contribution in [-0.4, -0.2) is 35.7 Å². The van der Waals surface area contributed by atoms with Crippen LogP contribution in [0.3, 0.4) is 0 Å². The second kappa shape index (κ2) is 10.7. The number of halogens is 1. The quantitative estimate of drug-likeness (QED) is 0.264. The lowest BCUT2D eigenvalue weighted by molar-refractivity contribution is 0.353. The Morgan fingerprint density at radius 1 is 0.972 bits per heavy atom. The number of hydrogen-bond donors (Lipinski definition) is 3. The Labute approximate surface area is 216 Å². The zero-order valence-electron chi connectivity index (χ0n) is 20.6. The van der Waals surface area contributed by atoms with Crippen LogP contribution in [0, 0.1) is 0 Å². The van der Waals surface area contributed by atoms with Crippen LogP contribution in [0.25, 0.3) is 16.9 Å². The van der Waals surface area contributed by atoms with E-state index in [9.17, 15) is 0 Å². The van der Waals surface area contributed by atoms with Gasteiger partial charge in [-0.25, -0.2) is 4.98 Å². The van der Waals surface area contributed by atoms with Gasteiger partial charge in [-0.15, -0.1) is 0 Å². The van der Waals surface area contributed by atoms with Crippen molar-refractivity contribution in [2.75, 3.05) is 25.3 Å². The Morgan fingerprint density at radius 3 is 2.42 bits per heavy atom. The third kappa shape index (κ3) is 5.37. The van der Waals surface area contributed by atoms with Gasteiger partial charge in [-0.3, -0.25) is 0 Å². The van der Waals surface area contributed by atoms with Crippen molar-refractivity contribution in [3.05, 3.63) is 71.5 Å². The Balaban J connectivity index is 1.21. The largest absolute Gasteiger partial charge is 0.496 e. The minimum absolute atomic E-state index is 0.456. The van der Waals surface area contributed by atoms with Gasteiger partial charge in [-0.05, 0) is 55.5 Å². The minimum atomic E-state index is 0.456. The molecule has 2 heterocycles. The van der Waals surface area contributed by atoms with E-state index in [1.165, 1.54) is 5.56 Å². The fourth-order valence-corrected chi connectivity index (χ4v) is 5.08. The molecule has 2 aromatic heterocycles. The summed E-state index contributed by atoms with van der Waals surface area (Å²) in [5, 5.41) is 7.93. The van der Waals surface area contributed by atoms with E-state index in [0.717, 1.165) is 60.5 Å². The lowest BCUT2D eigenvalue weighted by Crippen LogP contribution is -2.36. The van der Waals surface area contributed by atoms with Crippen molar-refractivity contribution < 1.29 is 9.47 Å². The molecule has 7 nitrogen and oxygen atoms in total. The van der Waals surface area contributed by atoms with Crippen LogP contribution in [0.15, 0.2) is 60.9 Å². The number of benzene rings is 2. The number of methoxy groups -OCH3 is 2. The Hall–Kier alpha value is -3.42. The summed E-state index contributed by atoms with van der Waals surface area (Å²) in [6.07, 6.45) is 8.59. The number of imidazole rings is 1. The van der Waals surface area contributed by atoms with E-state index in [4.69, 9.17) is 31.8 Å². The fourth-order valence-electron chi connectivity index (χ4n) is 4.84. The number of anilines is 2. The van der Waals surface area contributed by atoms with Gasteiger partial charge in [-0.2, -0.15) is 0 Å². The molecule has 0 radical (unpaired) electrons. The van der Waals surface area contributed by atoms with Crippen molar-refractivity contribution >= 4 is 28.6 Å². The van der Waals surface area contributed by atoms with Gasteiger partial charge in [-0.1, -0.05) is 23.7 Å². The second-order valence-electron chi connectivity index (χ2n) is 9.31. The van der Waals surface area contributed by atoms with Crippen LogP contribution in [0.4, 0.5) is 11.4 Å². The second-order valence-corrected chi connectivity index (χ2v) is 9.72. The lowest BCUT2D eigenvalue weighted by Gasteiger charge is -2.30.